The SMILES string of the molecule is CCn1c(=O)c(N)c(C)n(-c2cccc(C(F)(F)F)c2)c1=O.CCn1c(=O)c([N+](=O)[O-])c(C)n(-c2cccc(C(F)(F)F)c2)c1=O.CCn1c(=O)cc(C)n(-c2cccc(C(F)(F)F)c2)c1=O. The van der Waals surface area contributed by atoms with Crippen LogP contribution in [0.4, 0.5) is 50.9 Å². The molecule has 0 fully saturated rings. The van der Waals surface area contributed by atoms with Crippen molar-refractivity contribution in [1.29, 1.82) is 0 Å². The molecule has 0 saturated heterocycles. The molecule has 0 aliphatic carbocycles. The van der Waals surface area contributed by atoms with Gasteiger partial charge in [-0.2, -0.15) is 39.5 Å². The monoisotopic (exact) mass is 954 g/mol. The van der Waals surface area contributed by atoms with Crippen LogP contribution in [0.3, 0.4) is 0 Å². The van der Waals surface area contributed by atoms with Crippen molar-refractivity contribution in [2.75, 3.05) is 5.73 Å². The van der Waals surface area contributed by atoms with Gasteiger partial charge in [-0.05, 0) is 96.1 Å². The number of hydrogen-bond donors (Lipinski definition) is 1. The highest BCUT2D eigenvalue weighted by molar-refractivity contribution is 5.47. The highest BCUT2D eigenvalue weighted by Gasteiger charge is 2.33. The van der Waals surface area contributed by atoms with Crippen molar-refractivity contribution in [2.45, 2.75) is 79.7 Å². The average Bonchev–Trinajstić information content (AvgIpc) is 3.23. The predicted octanol–water partition coefficient (Wildman–Crippen LogP) is 6.53. The summed E-state index contributed by atoms with van der Waals surface area (Å²) < 4.78 is 121. The number of nitrogens with two attached hydrogens (primary N) is 1. The van der Waals surface area contributed by atoms with Gasteiger partial charge in [0.15, 0.2) is 0 Å². The first-order valence-electron chi connectivity index (χ1n) is 19.5. The minimum absolute atomic E-state index is 0.00576. The zero-order chi connectivity index (χ0) is 50.7. The summed E-state index contributed by atoms with van der Waals surface area (Å²) in [4.78, 5) is 82.8. The molecule has 0 aliphatic heterocycles. The maximum Gasteiger partial charge on any atom is 0.416 e. The highest BCUT2D eigenvalue weighted by atomic mass is 19.4. The van der Waals surface area contributed by atoms with Gasteiger partial charge >= 0.3 is 46.8 Å². The molecule has 3 aromatic heterocycles. The van der Waals surface area contributed by atoms with Gasteiger partial charge in [-0.15, -0.1) is 0 Å². The van der Waals surface area contributed by atoms with Crippen molar-refractivity contribution < 1.29 is 44.4 Å². The van der Waals surface area contributed by atoms with Crippen molar-refractivity contribution in [3.8, 4) is 17.1 Å². The number of nitrogens with zero attached hydrogens (tertiary/aromatic N) is 7. The van der Waals surface area contributed by atoms with Crippen LogP contribution in [0.15, 0.2) is 108 Å². The van der Waals surface area contributed by atoms with E-state index in [1.165, 1.54) is 57.2 Å². The molecular weight excluding hydrogens is 915 g/mol. The number of nitrogen functional groups attached to an aromatic ring is 1. The summed E-state index contributed by atoms with van der Waals surface area (Å²) in [7, 11) is 0. The molecule has 0 radical (unpaired) electrons. The van der Waals surface area contributed by atoms with Gasteiger partial charge in [-0.1, -0.05) is 18.2 Å². The molecule has 0 bridgehead atoms. The van der Waals surface area contributed by atoms with Crippen molar-refractivity contribution in [3.05, 3.63) is 185 Å². The molecule has 0 amide bonds. The number of benzene rings is 3. The Hall–Kier alpha value is -7.73. The van der Waals surface area contributed by atoms with E-state index in [-0.39, 0.29) is 59.5 Å². The first-order valence-corrected chi connectivity index (χ1v) is 19.5. The molecule has 358 valence electrons. The minimum Gasteiger partial charge on any atom is -0.393 e. The summed E-state index contributed by atoms with van der Waals surface area (Å²) in [5.74, 6) is 0. The van der Waals surface area contributed by atoms with Crippen molar-refractivity contribution in [3.63, 3.8) is 0 Å². The Morgan fingerprint density at radius 1 is 0.522 bits per heavy atom. The summed E-state index contributed by atoms with van der Waals surface area (Å²) in [5.41, 5.74) is -2.67. The molecule has 6 aromatic rings. The number of halogens is 9. The maximum absolute atomic E-state index is 12.9. The molecule has 0 unspecified atom stereocenters. The number of alkyl halides is 9. The van der Waals surface area contributed by atoms with E-state index in [9.17, 15) is 78.4 Å². The van der Waals surface area contributed by atoms with Crippen LogP contribution in [0, 0.1) is 30.9 Å². The third kappa shape index (κ3) is 10.9. The largest absolute Gasteiger partial charge is 0.416 e. The van der Waals surface area contributed by atoms with E-state index in [4.69, 9.17) is 5.73 Å². The molecular formula is C42H39F9N8O8. The Morgan fingerprint density at radius 2 is 0.866 bits per heavy atom. The smallest absolute Gasteiger partial charge is 0.393 e. The van der Waals surface area contributed by atoms with Gasteiger partial charge in [0.2, 0.25) is 0 Å². The Morgan fingerprint density at radius 3 is 1.22 bits per heavy atom. The lowest BCUT2D eigenvalue weighted by Crippen LogP contribution is -2.41. The van der Waals surface area contributed by atoms with Gasteiger partial charge in [0.25, 0.3) is 11.1 Å². The van der Waals surface area contributed by atoms with Crippen LogP contribution >= 0.6 is 0 Å². The van der Waals surface area contributed by atoms with Crippen LogP contribution in [-0.2, 0) is 38.2 Å². The van der Waals surface area contributed by atoms with Crippen LogP contribution in [0.1, 0.15) is 54.5 Å². The maximum atomic E-state index is 12.9. The number of aromatic nitrogens is 6. The second-order valence-corrected chi connectivity index (χ2v) is 14.2. The lowest BCUT2D eigenvalue weighted by molar-refractivity contribution is -0.387. The second kappa shape index (κ2) is 19.8. The summed E-state index contributed by atoms with van der Waals surface area (Å²) in [5, 5.41) is 11.1. The van der Waals surface area contributed by atoms with Crippen molar-refractivity contribution in [2.24, 2.45) is 0 Å². The summed E-state index contributed by atoms with van der Waals surface area (Å²) >= 11 is 0. The summed E-state index contributed by atoms with van der Waals surface area (Å²) in [6.07, 6.45) is -13.7. The van der Waals surface area contributed by atoms with Gasteiger partial charge in [-0.3, -0.25) is 51.9 Å². The van der Waals surface area contributed by atoms with Crippen LogP contribution in [0.25, 0.3) is 17.1 Å². The molecule has 16 nitrogen and oxygen atoms in total. The molecule has 67 heavy (non-hydrogen) atoms. The molecule has 0 spiro atoms. The number of rotatable bonds is 7. The minimum atomic E-state index is -4.64. The first-order chi connectivity index (χ1) is 31.0. The van der Waals surface area contributed by atoms with Gasteiger partial charge in [0.05, 0.1) is 44.4 Å². The Kier molecular flexibility index (Phi) is 15.3. The molecule has 0 atom stereocenters. The predicted molar refractivity (Wildman–Crippen MR) is 226 cm³/mol. The van der Waals surface area contributed by atoms with Crippen LogP contribution < -0.4 is 39.5 Å². The zero-order valence-electron chi connectivity index (χ0n) is 36.0. The second-order valence-electron chi connectivity index (χ2n) is 14.2. The Balaban J connectivity index is 0.000000220. The number of nitro groups is 1. The fraction of sp³-hybridized carbons (Fsp3) is 0.286. The normalized spacial score (nSPS) is 11.6. The summed E-state index contributed by atoms with van der Waals surface area (Å²) in [6.45, 7) is 8.75. The zero-order valence-corrected chi connectivity index (χ0v) is 36.0. The molecule has 2 N–H and O–H groups in total. The lowest BCUT2D eigenvalue weighted by Gasteiger charge is -2.16. The quantitative estimate of drug-likeness (QED) is 0.105. The molecule has 0 saturated carbocycles. The average molecular weight is 955 g/mol. The van der Waals surface area contributed by atoms with Gasteiger partial charge < -0.3 is 5.73 Å². The van der Waals surface area contributed by atoms with E-state index >= 15 is 0 Å². The third-order valence-electron chi connectivity index (χ3n) is 9.97. The van der Waals surface area contributed by atoms with Crippen molar-refractivity contribution in [1.82, 2.24) is 27.4 Å². The summed E-state index contributed by atoms with van der Waals surface area (Å²) in [6, 6.07) is 13.8. The van der Waals surface area contributed by atoms with E-state index in [1.54, 1.807) is 13.8 Å². The number of anilines is 1. The van der Waals surface area contributed by atoms with Gasteiger partial charge in [0, 0.05) is 31.4 Å². The number of hydrogen-bond acceptors (Lipinski definition) is 9. The van der Waals surface area contributed by atoms with E-state index in [1.807, 2.05) is 0 Å². The van der Waals surface area contributed by atoms with Gasteiger partial charge in [-0.25, -0.2) is 14.4 Å². The standard InChI is InChI=1S/C14H12F3N3O4.C14H14F3N3O2.C14H13F3N2O2/c1-3-18-12(21)11(20(23)24)8(2)19(13(18)22)10-6-4-5-9(7-10)14(15,16)17;1-3-19-12(21)11(18)8(2)20(13(19)22)10-6-4-5-9(7-10)14(15,16)17;1-3-18-12(20)7-9(2)19(13(18)21)11-6-4-5-10(8-11)14(15,16)17/h4-7H,3H2,1-2H3;4-7H,3,18H2,1-2H3;4-8H,3H2,1-2H3. The molecule has 0 aliphatic rings. The molecule has 25 heteroatoms. The molecule has 3 aromatic carbocycles. The molecule has 6 rings (SSSR count). The van der Waals surface area contributed by atoms with E-state index < -0.39 is 79.6 Å². The van der Waals surface area contributed by atoms with Crippen LogP contribution in [-0.4, -0.2) is 32.3 Å². The van der Waals surface area contributed by atoms with E-state index in [0.29, 0.717) is 10.6 Å². The molecule has 3 heterocycles. The highest BCUT2D eigenvalue weighted by Crippen LogP contribution is 2.32. The van der Waals surface area contributed by atoms with E-state index in [2.05, 4.69) is 0 Å². The third-order valence-corrected chi connectivity index (χ3v) is 9.97. The topological polar surface area (TPSA) is 201 Å². The lowest BCUT2D eigenvalue weighted by atomic mass is 10.2. The fourth-order valence-electron chi connectivity index (χ4n) is 6.64. The van der Waals surface area contributed by atoms with E-state index in [0.717, 1.165) is 66.2 Å². The van der Waals surface area contributed by atoms with Gasteiger partial charge in [0.1, 0.15) is 11.4 Å². The van der Waals surface area contributed by atoms with Crippen molar-refractivity contribution >= 4 is 11.4 Å². The van der Waals surface area contributed by atoms with Crippen LogP contribution in [0.2, 0.25) is 0 Å². The Bertz CT molecular complexity index is 3230. The fourth-order valence-corrected chi connectivity index (χ4v) is 6.64. The number of aryl methyl sites for hydroxylation is 1. The first kappa shape index (κ1) is 51.9. The van der Waals surface area contributed by atoms with Crippen LogP contribution in [0.5, 0.6) is 0 Å². The Labute approximate surface area is 370 Å².